The first-order valence-corrected chi connectivity index (χ1v) is 9.21. The third-order valence-corrected chi connectivity index (χ3v) is 4.63. The van der Waals surface area contributed by atoms with E-state index in [1.807, 2.05) is 42.5 Å². The first-order valence-electron chi connectivity index (χ1n) is 8.46. The summed E-state index contributed by atoms with van der Waals surface area (Å²) in [6.45, 7) is 0.670. The van der Waals surface area contributed by atoms with Crippen molar-refractivity contribution in [1.29, 1.82) is 0 Å². The zero-order chi connectivity index (χ0) is 18.6. The van der Waals surface area contributed by atoms with E-state index in [9.17, 15) is 0 Å². The third-order valence-electron chi connectivity index (χ3n) is 4.08. The van der Waals surface area contributed by atoms with Crippen LogP contribution in [0.3, 0.4) is 0 Å². The number of fused-ring (bicyclic) bond motifs is 1. The summed E-state index contributed by atoms with van der Waals surface area (Å²) in [7, 11) is 0. The van der Waals surface area contributed by atoms with Gasteiger partial charge in [-0.2, -0.15) is 4.98 Å². The molecule has 6 heteroatoms. The van der Waals surface area contributed by atoms with E-state index in [2.05, 4.69) is 32.7 Å². The fourth-order valence-electron chi connectivity index (χ4n) is 2.76. The molecule has 0 aliphatic carbocycles. The van der Waals surface area contributed by atoms with Crippen molar-refractivity contribution in [3.05, 3.63) is 88.4 Å². The lowest BCUT2D eigenvalue weighted by Gasteiger charge is -2.13. The quantitative estimate of drug-likeness (QED) is 0.417. The number of rotatable bonds is 5. The van der Waals surface area contributed by atoms with Crippen molar-refractivity contribution in [3.8, 4) is 0 Å². The van der Waals surface area contributed by atoms with Gasteiger partial charge in [-0.15, -0.1) is 0 Å². The fourth-order valence-corrected chi connectivity index (χ4v) is 3.22. The summed E-state index contributed by atoms with van der Waals surface area (Å²) in [6, 6.07) is 23.3. The summed E-state index contributed by atoms with van der Waals surface area (Å²) in [5, 5.41) is 8.64. The Balaban J connectivity index is 1.67. The van der Waals surface area contributed by atoms with E-state index in [1.165, 1.54) is 5.56 Å². The standard InChI is InChI=1S/C21H16Cl2N4/c22-15-10-11-19(17(23)12-15)26-21-25-18-9-5-4-8-16(18)20(27-21)24-13-14-6-2-1-3-7-14/h1-12H,13H2,(H2,24,25,26,27). The summed E-state index contributed by atoms with van der Waals surface area (Å²) in [5.41, 5.74) is 2.72. The van der Waals surface area contributed by atoms with Crippen LogP contribution in [0.4, 0.5) is 17.5 Å². The fraction of sp³-hybridized carbons (Fsp3) is 0.0476. The van der Waals surface area contributed by atoms with Crippen LogP contribution in [0.2, 0.25) is 10.0 Å². The van der Waals surface area contributed by atoms with Gasteiger partial charge >= 0.3 is 0 Å². The van der Waals surface area contributed by atoms with Gasteiger partial charge in [-0.25, -0.2) is 4.98 Å². The average Bonchev–Trinajstić information content (AvgIpc) is 2.69. The van der Waals surface area contributed by atoms with E-state index < -0.39 is 0 Å². The monoisotopic (exact) mass is 394 g/mol. The van der Waals surface area contributed by atoms with Gasteiger partial charge in [0.15, 0.2) is 0 Å². The first kappa shape index (κ1) is 17.6. The number of anilines is 3. The molecular weight excluding hydrogens is 379 g/mol. The van der Waals surface area contributed by atoms with Gasteiger partial charge in [0.05, 0.1) is 16.2 Å². The molecule has 0 saturated carbocycles. The maximum absolute atomic E-state index is 6.26. The molecule has 0 fully saturated rings. The molecule has 4 rings (SSSR count). The minimum atomic E-state index is 0.466. The highest BCUT2D eigenvalue weighted by molar-refractivity contribution is 6.36. The molecule has 0 aliphatic heterocycles. The van der Waals surface area contributed by atoms with Crippen LogP contribution in [0.5, 0.6) is 0 Å². The third kappa shape index (κ3) is 4.13. The Labute approximate surface area is 167 Å². The van der Waals surface area contributed by atoms with Gasteiger partial charge in [0.1, 0.15) is 5.82 Å². The van der Waals surface area contributed by atoms with E-state index in [0.29, 0.717) is 28.2 Å². The van der Waals surface area contributed by atoms with Gasteiger partial charge in [-0.3, -0.25) is 0 Å². The van der Waals surface area contributed by atoms with Crippen LogP contribution in [0, 0.1) is 0 Å². The van der Waals surface area contributed by atoms with Gasteiger partial charge in [0.25, 0.3) is 0 Å². The van der Waals surface area contributed by atoms with Gasteiger partial charge in [0.2, 0.25) is 5.95 Å². The highest BCUT2D eigenvalue weighted by Crippen LogP contribution is 2.29. The maximum atomic E-state index is 6.26. The Morgan fingerprint density at radius 1 is 0.815 bits per heavy atom. The van der Waals surface area contributed by atoms with Crippen LogP contribution in [-0.2, 0) is 6.54 Å². The van der Waals surface area contributed by atoms with Crippen molar-refractivity contribution in [3.63, 3.8) is 0 Å². The summed E-state index contributed by atoms with van der Waals surface area (Å²) >= 11 is 12.2. The minimum absolute atomic E-state index is 0.466. The van der Waals surface area contributed by atoms with E-state index in [1.54, 1.807) is 18.2 Å². The molecule has 0 amide bonds. The van der Waals surface area contributed by atoms with Crippen molar-refractivity contribution in [2.75, 3.05) is 10.6 Å². The first-order chi connectivity index (χ1) is 13.2. The Bertz CT molecular complexity index is 1080. The van der Waals surface area contributed by atoms with Gasteiger partial charge in [0, 0.05) is 17.0 Å². The molecule has 134 valence electrons. The molecule has 3 aromatic carbocycles. The number of para-hydroxylation sites is 1. The number of hydrogen-bond donors (Lipinski definition) is 2. The predicted molar refractivity (Wildman–Crippen MR) is 113 cm³/mol. The lowest BCUT2D eigenvalue weighted by Crippen LogP contribution is -2.05. The molecule has 0 atom stereocenters. The Morgan fingerprint density at radius 3 is 2.41 bits per heavy atom. The average molecular weight is 395 g/mol. The van der Waals surface area contributed by atoms with Gasteiger partial charge in [-0.05, 0) is 35.9 Å². The molecule has 4 aromatic rings. The van der Waals surface area contributed by atoms with E-state index >= 15 is 0 Å². The van der Waals surface area contributed by atoms with Gasteiger partial charge < -0.3 is 10.6 Å². The molecule has 27 heavy (non-hydrogen) atoms. The molecule has 1 heterocycles. The summed E-state index contributed by atoms with van der Waals surface area (Å²) in [5.74, 6) is 1.23. The lowest BCUT2D eigenvalue weighted by atomic mass is 10.2. The summed E-state index contributed by atoms with van der Waals surface area (Å²) in [4.78, 5) is 9.25. The Hall–Kier alpha value is -2.82. The number of aromatic nitrogens is 2. The van der Waals surface area contributed by atoms with Crippen LogP contribution in [-0.4, -0.2) is 9.97 Å². The highest BCUT2D eigenvalue weighted by Gasteiger charge is 2.09. The second kappa shape index (κ2) is 7.82. The van der Waals surface area contributed by atoms with E-state index in [4.69, 9.17) is 23.2 Å². The molecule has 4 nitrogen and oxygen atoms in total. The molecule has 0 bridgehead atoms. The molecule has 0 unspecified atom stereocenters. The predicted octanol–water partition coefficient (Wildman–Crippen LogP) is 6.29. The highest BCUT2D eigenvalue weighted by atomic mass is 35.5. The number of benzene rings is 3. The molecule has 0 radical (unpaired) electrons. The molecular formula is C21H16Cl2N4. The number of nitrogens with one attached hydrogen (secondary N) is 2. The van der Waals surface area contributed by atoms with E-state index in [0.717, 1.165) is 16.7 Å². The van der Waals surface area contributed by atoms with Crippen LogP contribution >= 0.6 is 23.2 Å². The zero-order valence-electron chi connectivity index (χ0n) is 14.3. The van der Waals surface area contributed by atoms with Crippen molar-refractivity contribution < 1.29 is 0 Å². The summed E-state index contributed by atoms with van der Waals surface area (Å²) < 4.78 is 0. The molecule has 0 aliphatic rings. The number of nitrogens with zero attached hydrogens (tertiary/aromatic N) is 2. The van der Waals surface area contributed by atoms with Crippen LogP contribution in [0.15, 0.2) is 72.8 Å². The smallest absolute Gasteiger partial charge is 0.229 e. The topological polar surface area (TPSA) is 49.8 Å². The second-order valence-corrected chi connectivity index (χ2v) is 6.84. The number of halogens is 2. The molecule has 0 saturated heterocycles. The zero-order valence-corrected chi connectivity index (χ0v) is 15.8. The van der Waals surface area contributed by atoms with Crippen molar-refractivity contribution in [2.24, 2.45) is 0 Å². The Kier molecular flexibility index (Phi) is 5.10. The summed E-state index contributed by atoms with van der Waals surface area (Å²) in [6.07, 6.45) is 0. The van der Waals surface area contributed by atoms with Crippen molar-refractivity contribution in [1.82, 2.24) is 9.97 Å². The lowest BCUT2D eigenvalue weighted by molar-refractivity contribution is 1.10. The minimum Gasteiger partial charge on any atom is -0.365 e. The van der Waals surface area contributed by atoms with Crippen molar-refractivity contribution in [2.45, 2.75) is 6.54 Å². The maximum Gasteiger partial charge on any atom is 0.229 e. The Morgan fingerprint density at radius 2 is 1.59 bits per heavy atom. The van der Waals surface area contributed by atoms with Crippen LogP contribution < -0.4 is 10.6 Å². The van der Waals surface area contributed by atoms with Gasteiger partial charge in [-0.1, -0.05) is 65.7 Å². The molecule has 1 aromatic heterocycles. The van der Waals surface area contributed by atoms with Crippen LogP contribution in [0.1, 0.15) is 5.56 Å². The normalized spacial score (nSPS) is 10.7. The largest absolute Gasteiger partial charge is 0.365 e. The second-order valence-electron chi connectivity index (χ2n) is 6.00. The van der Waals surface area contributed by atoms with E-state index in [-0.39, 0.29) is 0 Å². The SMILES string of the molecule is Clc1ccc(Nc2nc(NCc3ccccc3)c3ccccc3n2)c(Cl)c1. The molecule has 2 N–H and O–H groups in total. The molecule has 0 spiro atoms. The van der Waals surface area contributed by atoms with Crippen molar-refractivity contribution >= 4 is 51.6 Å². The number of hydrogen-bond acceptors (Lipinski definition) is 4. The van der Waals surface area contributed by atoms with Crippen LogP contribution in [0.25, 0.3) is 10.9 Å².